The van der Waals surface area contributed by atoms with Gasteiger partial charge in [0.15, 0.2) is 0 Å². The van der Waals surface area contributed by atoms with Gasteiger partial charge in [-0.1, -0.05) is 24.3 Å². The van der Waals surface area contributed by atoms with Crippen molar-refractivity contribution in [1.82, 2.24) is 0 Å². The number of fused-ring (bicyclic) bond motifs is 1. The van der Waals surface area contributed by atoms with Crippen LogP contribution in [0.1, 0.15) is 44.7 Å². The fourth-order valence-corrected chi connectivity index (χ4v) is 2.73. The normalized spacial score (nSPS) is 18.7. The van der Waals surface area contributed by atoms with Crippen LogP contribution in [0.4, 0.5) is 0 Å². The van der Waals surface area contributed by atoms with Gasteiger partial charge in [0, 0.05) is 0 Å². The van der Waals surface area contributed by atoms with Crippen LogP contribution >= 0.6 is 0 Å². The van der Waals surface area contributed by atoms with Crippen LogP contribution in [0.15, 0.2) is 28.7 Å². The number of hydrogen-bond donors (Lipinski definition) is 0. The van der Waals surface area contributed by atoms with Crippen LogP contribution < -0.4 is 0 Å². The Morgan fingerprint density at radius 2 is 1.78 bits per heavy atom. The van der Waals surface area contributed by atoms with Crippen molar-refractivity contribution in [2.45, 2.75) is 44.8 Å². The second-order valence-corrected chi connectivity index (χ2v) is 7.99. The van der Waals surface area contributed by atoms with Crippen LogP contribution in [0.2, 0.25) is 0 Å². The molecule has 18 heavy (non-hydrogen) atoms. The lowest BCUT2D eigenvalue weighted by Gasteiger charge is -2.20. The molecule has 0 bridgehead atoms. The standard InChI is InChI=1S/C14H19NO2S/c1-14(2,3)18(16,17)15-13-10-6-8-11-7-4-5-9-12(11)13/h4-5,7,9H,6,8,10H2,1-3H3/b15-13+. The molecule has 0 aromatic heterocycles. The smallest absolute Gasteiger partial charge is 0.204 e. The molecule has 0 fully saturated rings. The highest BCUT2D eigenvalue weighted by molar-refractivity contribution is 7.91. The molecule has 0 saturated heterocycles. The van der Waals surface area contributed by atoms with E-state index in [1.54, 1.807) is 20.8 Å². The number of sulfonamides is 1. The van der Waals surface area contributed by atoms with E-state index in [4.69, 9.17) is 0 Å². The van der Waals surface area contributed by atoms with Gasteiger partial charge in [-0.15, -0.1) is 0 Å². The summed E-state index contributed by atoms with van der Waals surface area (Å²) in [7, 11) is -3.45. The predicted molar refractivity (Wildman–Crippen MR) is 74.6 cm³/mol. The number of benzene rings is 1. The van der Waals surface area contributed by atoms with Crippen LogP contribution in [0.3, 0.4) is 0 Å². The molecule has 0 unspecified atom stereocenters. The van der Waals surface area contributed by atoms with Crippen molar-refractivity contribution in [3.05, 3.63) is 35.4 Å². The highest BCUT2D eigenvalue weighted by Gasteiger charge is 2.29. The van der Waals surface area contributed by atoms with Gasteiger partial charge in [0.2, 0.25) is 0 Å². The molecular weight excluding hydrogens is 246 g/mol. The molecule has 4 heteroatoms. The monoisotopic (exact) mass is 265 g/mol. The first kappa shape index (κ1) is 13.3. The molecule has 2 rings (SSSR count). The molecule has 0 radical (unpaired) electrons. The zero-order valence-electron chi connectivity index (χ0n) is 11.1. The van der Waals surface area contributed by atoms with Crippen LogP contribution in [-0.4, -0.2) is 18.9 Å². The van der Waals surface area contributed by atoms with Crippen LogP contribution in [0, 0.1) is 0 Å². The molecule has 3 nitrogen and oxygen atoms in total. The summed E-state index contributed by atoms with van der Waals surface area (Å²) >= 11 is 0. The minimum atomic E-state index is -3.45. The predicted octanol–water partition coefficient (Wildman–Crippen LogP) is 2.94. The fourth-order valence-electron chi connectivity index (χ4n) is 1.98. The van der Waals surface area contributed by atoms with E-state index in [1.807, 2.05) is 24.3 Å². The summed E-state index contributed by atoms with van der Waals surface area (Å²) in [5.41, 5.74) is 2.91. The minimum Gasteiger partial charge on any atom is -0.204 e. The first-order chi connectivity index (χ1) is 8.31. The van der Waals surface area contributed by atoms with Crippen LogP contribution in [0.5, 0.6) is 0 Å². The first-order valence-corrected chi connectivity index (χ1v) is 7.67. The van der Waals surface area contributed by atoms with E-state index in [2.05, 4.69) is 4.40 Å². The Morgan fingerprint density at radius 1 is 1.11 bits per heavy atom. The van der Waals surface area contributed by atoms with Crippen molar-refractivity contribution in [3.8, 4) is 0 Å². The Kier molecular flexibility index (Phi) is 3.32. The highest BCUT2D eigenvalue weighted by atomic mass is 32.2. The molecule has 0 saturated carbocycles. The number of rotatable bonds is 1. The minimum absolute atomic E-state index is 0.715. The molecule has 0 N–H and O–H groups in total. The summed E-state index contributed by atoms with van der Waals surface area (Å²) < 4.78 is 27.5. The third-order valence-corrected chi connectivity index (χ3v) is 5.20. The highest BCUT2D eigenvalue weighted by Crippen LogP contribution is 2.25. The van der Waals surface area contributed by atoms with Gasteiger partial charge in [-0.3, -0.25) is 0 Å². The van der Waals surface area contributed by atoms with Gasteiger partial charge in [-0.2, -0.15) is 4.40 Å². The van der Waals surface area contributed by atoms with Gasteiger partial charge in [0.1, 0.15) is 0 Å². The van der Waals surface area contributed by atoms with E-state index in [9.17, 15) is 8.42 Å². The maximum atomic E-state index is 12.1. The lowest BCUT2D eigenvalue weighted by molar-refractivity contribution is 0.562. The molecule has 0 amide bonds. The Balaban J connectivity index is 2.49. The Labute approximate surface area is 109 Å². The number of hydrogen-bond acceptors (Lipinski definition) is 2. The van der Waals surface area contributed by atoms with Gasteiger partial charge >= 0.3 is 0 Å². The Morgan fingerprint density at radius 3 is 2.44 bits per heavy atom. The zero-order chi connectivity index (χ0) is 13.4. The third-order valence-electron chi connectivity index (χ3n) is 3.19. The molecule has 0 aliphatic heterocycles. The zero-order valence-corrected chi connectivity index (χ0v) is 11.9. The summed E-state index contributed by atoms with van der Waals surface area (Å²) in [6.45, 7) is 5.05. The van der Waals surface area contributed by atoms with Gasteiger partial charge in [-0.25, -0.2) is 8.42 Å². The average molecular weight is 265 g/mol. The molecular formula is C14H19NO2S. The quantitative estimate of drug-likeness (QED) is 0.783. The van der Waals surface area contributed by atoms with Crippen molar-refractivity contribution >= 4 is 15.7 Å². The van der Waals surface area contributed by atoms with Crippen molar-refractivity contribution in [2.75, 3.05) is 0 Å². The Bertz CT molecular complexity index is 580. The van der Waals surface area contributed by atoms with Crippen molar-refractivity contribution in [1.29, 1.82) is 0 Å². The molecule has 1 aliphatic rings. The summed E-state index contributed by atoms with van der Waals surface area (Å²) in [5, 5.41) is 0. The van der Waals surface area contributed by atoms with E-state index in [0.717, 1.165) is 24.8 Å². The SMILES string of the molecule is CC(C)(C)S(=O)(=O)/N=C1\CCCc2ccccc21. The van der Waals surface area contributed by atoms with Crippen molar-refractivity contribution in [3.63, 3.8) is 0 Å². The van der Waals surface area contributed by atoms with Gasteiger partial charge in [-0.05, 0) is 51.2 Å². The number of nitrogens with zero attached hydrogens (tertiary/aromatic N) is 1. The molecule has 1 aliphatic carbocycles. The molecule has 1 aromatic carbocycles. The van der Waals surface area contributed by atoms with E-state index in [0.29, 0.717) is 5.71 Å². The van der Waals surface area contributed by atoms with Crippen LogP contribution in [0.25, 0.3) is 0 Å². The Hall–Kier alpha value is -1.16. The molecule has 98 valence electrons. The van der Waals surface area contributed by atoms with E-state index in [1.165, 1.54) is 5.56 Å². The summed E-state index contributed by atoms with van der Waals surface area (Å²) in [5.74, 6) is 0. The molecule has 0 spiro atoms. The molecule has 0 atom stereocenters. The van der Waals surface area contributed by atoms with Crippen molar-refractivity contribution in [2.24, 2.45) is 4.40 Å². The maximum absolute atomic E-state index is 12.1. The van der Waals surface area contributed by atoms with E-state index in [-0.39, 0.29) is 0 Å². The van der Waals surface area contributed by atoms with Crippen molar-refractivity contribution < 1.29 is 8.42 Å². The largest absolute Gasteiger partial charge is 0.258 e. The van der Waals surface area contributed by atoms with Gasteiger partial charge in [0.25, 0.3) is 10.0 Å². The van der Waals surface area contributed by atoms with Gasteiger partial charge in [0.05, 0.1) is 10.5 Å². The lowest BCUT2D eigenvalue weighted by atomic mass is 9.90. The maximum Gasteiger partial charge on any atom is 0.258 e. The van der Waals surface area contributed by atoms with E-state index >= 15 is 0 Å². The topological polar surface area (TPSA) is 46.5 Å². The second-order valence-electron chi connectivity index (χ2n) is 5.64. The summed E-state index contributed by atoms with van der Waals surface area (Å²) in [6.07, 6.45) is 2.71. The number of aryl methyl sites for hydroxylation is 1. The first-order valence-electron chi connectivity index (χ1n) is 6.23. The lowest BCUT2D eigenvalue weighted by Crippen LogP contribution is -2.27. The van der Waals surface area contributed by atoms with Crippen LogP contribution in [-0.2, 0) is 16.4 Å². The summed E-state index contributed by atoms with van der Waals surface area (Å²) in [4.78, 5) is 0. The summed E-state index contributed by atoms with van der Waals surface area (Å²) in [6, 6.07) is 7.93. The fraction of sp³-hybridized carbons (Fsp3) is 0.500. The molecule has 1 aromatic rings. The second kappa shape index (κ2) is 4.50. The third kappa shape index (κ3) is 2.48. The average Bonchev–Trinajstić information content (AvgIpc) is 2.27. The van der Waals surface area contributed by atoms with E-state index < -0.39 is 14.8 Å². The van der Waals surface area contributed by atoms with Gasteiger partial charge < -0.3 is 0 Å². The molecule has 0 heterocycles.